The SMILES string of the molecule is c1ccc(-c2ccc(N(c3ccc(-c4ccccc4-n4c5ccccc5c5cccc(-c6cc7ccccc7c7ccccc67)c54)cc3)c3ccc(-c4cccc5ccccc45)cc3)cc2)cc1. The molecule has 0 saturated heterocycles. The zero-order valence-corrected chi connectivity index (χ0v) is 37.3. The quantitative estimate of drug-likeness (QED) is 0.138. The molecule has 0 amide bonds. The van der Waals surface area contributed by atoms with Crippen molar-refractivity contribution in [3.05, 3.63) is 267 Å². The van der Waals surface area contributed by atoms with Gasteiger partial charge in [0.25, 0.3) is 0 Å². The molecule has 0 spiro atoms. The third kappa shape index (κ3) is 6.65. The summed E-state index contributed by atoms with van der Waals surface area (Å²) in [4.78, 5) is 2.37. The van der Waals surface area contributed by atoms with E-state index in [4.69, 9.17) is 0 Å². The number of benzene rings is 12. The Morgan fingerprint density at radius 2 is 0.721 bits per heavy atom. The van der Waals surface area contributed by atoms with Crippen LogP contribution in [0.4, 0.5) is 17.1 Å². The highest BCUT2D eigenvalue weighted by Gasteiger charge is 2.21. The Labute approximate surface area is 395 Å². The van der Waals surface area contributed by atoms with Gasteiger partial charge in [-0.15, -0.1) is 0 Å². The number of anilines is 3. The molecule has 0 N–H and O–H groups in total. The third-order valence-corrected chi connectivity index (χ3v) is 13.8. The summed E-state index contributed by atoms with van der Waals surface area (Å²) in [5.74, 6) is 0. The van der Waals surface area contributed by atoms with Crippen LogP contribution in [0.25, 0.3) is 104 Å². The normalized spacial score (nSPS) is 11.5. The summed E-state index contributed by atoms with van der Waals surface area (Å²) in [5.41, 5.74) is 16.4. The molecule has 2 heteroatoms. The highest BCUT2D eigenvalue weighted by Crippen LogP contribution is 2.45. The van der Waals surface area contributed by atoms with Crippen LogP contribution in [-0.4, -0.2) is 4.57 Å². The van der Waals surface area contributed by atoms with Gasteiger partial charge in [-0.1, -0.05) is 212 Å². The van der Waals surface area contributed by atoms with Gasteiger partial charge in [-0.05, 0) is 120 Å². The summed E-state index contributed by atoms with van der Waals surface area (Å²) in [6, 6.07) is 97.4. The molecule has 318 valence electrons. The lowest BCUT2D eigenvalue weighted by atomic mass is 9.92. The maximum Gasteiger partial charge on any atom is 0.0619 e. The van der Waals surface area contributed by atoms with Crippen molar-refractivity contribution in [2.45, 2.75) is 0 Å². The van der Waals surface area contributed by atoms with Crippen LogP contribution >= 0.6 is 0 Å². The number of fused-ring (bicyclic) bond motifs is 7. The van der Waals surface area contributed by atoms with Crippen LogP contribution in [0, 0.1) is 0 Å². The lowest BCUT2D eigenvalue weighted by Crippen LogP contribution is -2.09. The number of hydrogen-bond donors (Lipinski definition) is 0. The molecule has 0 bridgehead atoms. The number of nitrogens with zero attached hydrogens (tertiary/aromatic N) is 2. The smallest absolute Gasteiger partial charge is 0.0619 e. The number of rotatable bonds is 8. The summed E-state index contributed by atoms with van der Waals surface area (Å²) in [5, 5.41) is 10.0. The molecule has 13 aromatic rings. The van der Waals surface area contributed by atoms with Crippen LogP contribution in [0.15, 0.2) is 267 Å². The third-order valence-electron chi connectivity index (χ3n) is 13.8. The highest BCUT2D eigenvalue weighted by molar-refractivity contribution is 6.19. The van der Waals surface area contributed by atoms with Crippen molar-refractivity contribution in [1.82, 2.24) is 4.57 Å². The Kier molecular flexibility index (Phi) is 9.54. The number of hydrogen-bond acceptors (Lipinski definition) is 1. The maximum atomic E-state index is 2.51. The molecule has 12 aromatic carbocycles. The molecule has 0 aliphatic rings. The second kappa shape index (κ2) is 16.5. The zero-order chi connectivity index (χ0) is 45.0. The minimum absolute atomic E-state index is 1.08. The molecule has 0 aliphatic carbocycles. The fraction of sp³-hybridized carbons (Fsp3) is 0. The average Bonchev–Trinajstić information content (AvgIpc) is 3.76. The predicted molar refractivity (Wildman–Crippen MR) is 290 cm³/mol. The van der Waals surface area contributed by atoms with Gasteiger partial charge in [-0.25, -0.2) is 0 Å². The molecule has 1 aromatic heterocycles. The molecule has 1 heterocycles. The van der Waals surface area contributed by atoms with Gasteiger partial charge < -0.3 is 9.47 Å². The largest absolute Gasteiger partial charge is 0.311 e. The Bertz CT molecular complexity index is 3990. The van der Waals surface area contributed by atoms with Crippen LogP contribution in [0.1, 0.15) is 0 Å². The molecule has 0 atom stereocenters. The van der Waals surface area contributed by atoms with Gasteiger partial charge in [0.05, 0.1) is 16.7 Å². The van der Waals surface area contributed by atoms with Gasteiger partial charge in [0.2, 0.25) is 0 Å². The van der Waals surface area contributed by atoms with Crippen LogP contribution in [-0.2, 0) is 0 Å². The lowest BCUT2D eigenvalue weighted by molar-refractivity contribution is 1.18. The first-order valence-electron chi connectivity index (χ1n) is 23.4. The molecule has 13 rings (SSSR count). The van der Waals surface area contributed by atoms with Gasteiger partial charge in [-0.2, -0.15) is 0 Å². The molecule has 0 radical (unpaired) electrons. The fourth-order valence-electron chi connectivity index (χ4n) is 10.6. The molecular formula is C66H44N2. The van der Waals surface area contributed by atoms with E-state index in [1.165, 1.54) is 87.5 Å². The van der Waals surface area contributed by atoms with Gasteiger partial charge in [0.15, 0.2) is 0 Å². The van der Waals surface area contributed by atoms with E-state index in [1.54, 1.807) is 0 Å². The van der Waals surface area contributed by atoms with E-state index >= 15 is 0 Å². The van der Waals surface area contributed by atoms with Gasteiger partial charge in [-0.3, -0.25) is 0 Å². The molecule has 0 aliphatic heterocycles. The standard InChI is InChI=1S/C66H44N2/c1-2-16-45(17-3-1)46-32-38-51(39-33-46)67(52-40-34-48(35-41-52)55-27-14-20-47-18-4-6-21-54(47)55)53-42-36-49(37-43-53)57-23-10-12-30-64(57)68-65-31-13-11-26-60(65)61-28-15-29-62(66(61)68)63-44-50-19-5-7-22-56(50)58-24-8-9-25-59(58)63/h1-44H. The Morgan fingerprint density at radius 1 is 0.250 bits per heavy atom. The molecule has 0 fully saturated rings. The van der Waals surface area contributed by atoms with Crippen molar-refractivity contribution in [2.24, 2.45) is 0 Å². The first kappa shape index (κ1) is 39.4. The molecule has 0 unspecified atom stereocenters. The molecule has 2 nitrogen and oxygen atoms in total. The zero-order valence-electron chi connectivity index (χ0n) is 37.3. The van der Waals surface area contributed by atoms with E-state index in [9.17, 15) is 0 Å². The van der Waals surface area contributed by atoms with E-state index < -0.39 is 0 Å². The minimum atomic E-state index is 1.08. The second-order valence-corrected chi connectivity index (χ2v) is 17.6. The monoisotopic (exact) mass is 864 g/mol. The van der Waals surface area contributed by atoms with E-state index in [1.807, 2.05) is 0 Å². The molecule has 68 heavy (non-hydrogen) atoms. The Morgan fingerprint density at radius 3 is 1.46 bits per heavy atom. The highest BCUT2D eigenvalue weighted by atomic mass is 15.1. The first-order chi connectivity index (χ1) is 33.7. The minimum Gasteiger partial charge on any atom is -0.311 e. The predicted octanol–water partition coefficient (Wildman–Crippen LogP) is 18.4. The van der Waals surface area contributed by atoms with Gasteiger partial charge in [0.1, 0.15) is 0 Å². The van der Waals surface area contributed by atoms with Gasteiger partial charge >= 0.3 is 0 Å². The van der Waals surface area contributed by atoms with Crippen molar-refractivity contribution in [1.29, 1.82) is 0 Å². The van der Waals surface area contributed by atoms with Crippen molar-refractivity contribution < 1.29 is 0 Å². The summed E-state index contributed by atoms with van der Waals surface area (Å²) in [6.45, 7) is 0. The molecular weight excluding hydrogens is 821 g/mol. The summed E-state index contributed by atoms with van der Waals surface area (Å²) >= 11 is 0. The van der Waals surface area contributed by atoms with E-state index in [0.29, 0.717) is 0 Å². The average molecular weight is 865 g/mol. The fourth-order valence-corrected chi connectivity index (χ4v) is 10.6. The van der Waals surface area contributed by atoms with Crippen molar-refractivity contribution in [2.75, 3.05) is 4.90 Å². The summed E-state index contributed by atoms with van der Waals surface area (Å²) < 4.78 is 2.51. The second-order valence-electron chi connectivity index (χ2n) is 17.6. The van der Waals surface area contributed by atoms with Gasteiger partial charge in [0, 0.05) is 39.0 Å². The van der Waals surface area contributed by atoms with Crippen LogP contribution in [0.3, 0.4) is 0 Å². The number of para-hydroxylation sites is 3. The lowest BCUT2D eigenvalue weighted by Gasteiger charge is -2.26. The number of aromatic nitrogens is 1. The Balaban J connectivity index is 0.946. The van der Waals surface area contributed by atoms with Crippen molar-refractivity contribution >= 4 is 71.2 Å². The summed E-state index contributed by atoms with van der Waals surface area (Å²) in [6.07, 6.45) is 0. The van der Waals surface area contributed by atoms with Crippen LogP contribution in [0.2, 0.25) is 0 Å². The van der Waals surface area contributed by atoms with Crippen molar-refractivity contribution in [3.8, 4) is 50.2 Å². The Hall–Kier alpha value is -8.98. The first-order valence-corrected chi connectivity index (χ1v) is 23.4. The summed E-state index contributed by atoms with van der Waals surface area (Å²) in [7, 11) is 0. The van der Waals surface area contributed by atoms with Crippen LogP contribution < -0.4 is 4.90 Å². The van der Waals surface area contributed by atoms with E-state index in [-0.39, 0.29) is 0 Å². The van der Waals surface area contributed by atoms with Crippen molar-refractivity contribution in [3.63, 3.8) is 0 Å². The van der Waals surface area contributed by atoms with Crippen LogP contribution in [0.5, 0.6) is 0 Å². The van der Waals surface area contributed by atoms with E-state index in [0.717, 1.165) is 33.9 Å². The topological polar surface area (TPSA) is 8.17 Å². The molecule has 0 saturated carbocycles. The van der Waals surface area contributed by atoms with E-state index in [2.05, 4.69) is 276 Å². The maximum absolute atomic E-state index is 2.51.